The van der Waals surface area contributed by atoms with E-state index in [0.717, 1.165) is 45.5 Å². The minimum absolute atomic E-state index is 0.199. The van der Waals surface area contributed by atoms with E-state index in [2.05, 4.69) is 49.7 Å². The number of aromatic nitrogens is 3. The Hall–Kier alpha value is -4.19. The lowest BCUT2D eigenvalue weighted by Gasteiger charge is -2.18. The van der Waals surface area contributed by atoms with Crippen LogP contribution in [0.4, 0.5) is 0 Å². The van der Waals surface area contributed by atoms with E-state index in [-0.39, 0.29) is 11.5 Å². The SMILES string of the molecule is CCOc1cc(C)c(-c2nc3ccccc3c(=O)n2N=Cc2cn(CC)c3ccccc23)cc1C(C)C. The number of benzene rings is 3. The van der Waals surface area contributed by atoms with Gasteiger partial charge in [0.15, 0.2) is 5.82 Å². The van der Waals surface area contributed by atoms with Crippen molar-refractivity contribution in [1.82, 2.24) is 14.2 Å². The molecule has 0 atom stereocenters. The van der Waals surface area contributed by atoms with Crippen molar-refractivity contribution in [2.45, 2.75) is 47.1 Å². The predicted molar refractivity (Wildman–Crippen MR) is 152 cm³/mol. The first-order chi connectivity index (χ1) is 17.9. The third-order valence-corrected chi connectivity index (χ3v) is 6.75. The van der Waals surface area contributed by atoms with Gasteiger partial charge in [-0.15, -0.1) is 0 Å². The van der Waals surface area contributed by atoms with Crippen LogP contribution in [0.15, 0.2) is 76.8 Å². The Labute approximate surface area is 216 Å². The summed E-state index contributed by atoms with van der Waals surface area (Å²) < 4.78 is 9.56. The van der Waals surface area contributed by atoms with Crippen LogP contribution < -0.4 is 10.3 Å². The third kappa shape index (κ3) is 4.44. The van der Waals surface area contributed by atoms with Gasteiger partial charge in [-0.25, -0.2) is 4.98 Å². The van der Waals surface area contributed by atoms with Gasteiger partial charge in [0.25, 0.3) is 5.56 Å². The summed E-state index contributed by atoms with van der Waals surface area (Å²) in [6.45, 7) is 11.8. The maximum Gasteiger partial charge on any atom is 0.282 e. The van der Waals surface area contributed by atoms with Crippen molar-refractivity contribution in [3.8, 4) is 17.1 Å². The van der Waals surface area contributed by atoms with Crippen molar-refractivity contribution < 1.29 is 4.74 Å². The molecule has 0 aliphatic heterocycles. The first-order valence-corrected chi connectivity index (χ1v) is 12.8. The van der Waals surface area contributed by atoms with Gasteiger partial charge >= 0.3 is 0 Å². The Bertz CT molecular complexity index is 1690. The predicted octanol–water partition coefficient (Wildman–Crippen LogP) is 6.75. The largest absolute Gasteiger partial charge is 0.494 e. The van der Waals surface area contributed by atoms with Crippen LogP contribution in [0.1, 0.15) is 50.3 Å². The molecule has 0 saturated carbocycles. The van der Waals surface area contributed by atoms with E-state index >= 15 is 0 Å². The van der Waals surface area contributed by atoms with Crippen LogP contribution in [0.3, 0.4) is 0 Å². The van der Waals surface area contributed by atoms with E-state index in [1.165, 1.54) is 4.68 Å². The van der Waals surface area contributed by atoms with Gasteiger partial charge in [-0.05, 0) is 68.1 Å². The second kappa shape index (κ2) is 10.1. The molecule has 5 rings (SSSR count). The number of hydrogen-bond acceptors (Lipinski definition) is 4. The zero-order valence-corrected chi connectivity index (χ0v) is 22.0. The molecule has 0 aliphatic carbocycles. The monoisotopic (exact) mass is 492 g/mol. The van der Waals surface area contributed by atoms with Gasteiger partial charge < -0.3 is 9.30 Å². The first kappa shape index (κ1) is 24.5. The first-order valence-electron chi connectivity index (χ1n) is 12.8. The number of aryl methyl sites for hydroxylation is 2. The number of nitrogens with zero attached hydrogens (tertiary/aromatic N) is 4. The van der Waals surface area contributed by atoms with Crippen molar-refractivity contribution in [2.24, 2.45) is 5.10 Å². The average molecular weight is 493 g/mol. The molecule has 0 radical (unpaired) electrons. The molecule has 0 aliphatic rings. The summed E-state index contributed by atoms with van der Waals surface area (Å²) in [5, 5.41) is 6.37. The highest BCUT2D eigenvalue weighted by Gasteiger charge is 2.18. The zero-order chi connectivity index (χ0) is 26.1. The molecular formula is C31H32N4O2. The zero-order valence-electron chi connectivity index (χ0n) is 22.0. The van der Waals surface area contributed by atoms with Gasteiger partial charge in [-0.3, -0.25) is 4.79 Å². The maximum absolute atomic E-state index is 13.7. The van der Waals surface area contributed by atoms with Crippen LogP contribution in [0, 0.1) is 6.92 Å². The molecular weight excluding hydrogens is 460 g/mol. The highest BCUT2D eigenvalue weighted by atomic mass is 16.5. The molecule has 188 valence electrons. The van der Waals surface area contributed by atoms with Gasteiger partial charge in [0.1, 0.15) is 5.75 Å². The molecule has 37 heavy (non-hydrogen) atoms. The lowest BCUT2D eigenvalue weighted by atomic mass is 9.96. The van der Waals surface area contributed by atoms with Crippen molar-refractivity contribution in [3.05, 3.63) is 93.9 Å². The quantitative estimate of drug-likeness (QED) is 0.236. The second-order valence-electron chi connectivity index (χ2n) is 9.49. The molecule has 2 heterocycles. The maximum atomic E-state index is 13.7. The minimum Gasteiger partial charge on any atom is -0.494 e. The van der Waals surface area contributed by atoms with E-state index in [1.807, 2.05) is 50.2 Å². The molecule has 0 fully saturated rings. The summed E-state index contributed by atoms with van der Waals surface area (Å²) >= 11 is 0. The highest BCUT2D eigenvalue weighted by molar-refractivity contribution is 5.99. The molecule has 0 N–H and O–H groups in total. The van der Waals surface area contributed by atoms with Crippen LogP contribution in [-0.4, -0.2) is 27.0 Å². The number of ether oxygens (including phenoxy) is 1. The summed E-state index contributed by atoms with van der Waals surface area (Å²) in [6, 6.07) is 19.8. The van der Waals surface area contributed by atoms with Crippen molar-refractivity contribution >= 4 is 28.0 Å². The smallest absolute Gasteiger partial charge is 0.282 e. The van der Waals surface area contributed by atoms with Gasteiger partial charge in [0, 0.05) is 34.8 Å². The van der Waals surface area contributed by atoms with Crippen LogP contribution >= 0.6 is 0 Å². The number of hydrogen-bond donors (Lipinski definition) is 0. The van der Waals surface area contributed by atoms with E-state index in [4.69, 9.17) is 14.8 Å². The van der Waals surface area contributed by atoms with E-state index in [1.54, 1.807) is 12.3 Å². The van der Waals surface area contributed by atoms with Crippen LogP contribution in [0.5, 0.6) is 5.75 Å². The molecule has 5 aromatic rings. The van der Waals surface area contributed by atoms with Gasteiger partial charge in [0.05, 0.1) is 23.7 Å². The lowest BCUT2D eigenvalue weighted by Crippen LogP contribution is -2.20. The van der Waals surface area contributed by atoms with E-state index in [0.29, 0.717) is 23.3 Å². The third-order valence-electron chi connectivity index (χ3n) is 6.75. The number of rotatable bonds is 7. The van der Waals surface area contributed by atoms with Gasteiger partial charge in [0.2, 0.25) is 0 Å². The molecule has 6 heteroatoms. The van der Waals surface area contributed by atoms with E-state index < -0.39 is 0 Å². The molecule has 6 nitrogen and oxygen atoms in total. The molecule has 0 amide bonds. The Kier molecular flexibility index (Phi) is 6.66. The Morgan fingerprint density at radius 3 is 2.49 bits per heavy atom. The minimum atomic E-state index is -0.199. The van der Waals surface area contributed by atoms with Crippen LogP contribution in [0.2, 0.25) is 0 Å². The number of para-hydroxylation sites is 2. The van der Waals surface area contributed by atoms with Crippen molar-refractivity contribution in [1.29, 1.82) is 0 Å². The standard InChI is InChI=1S/C31H32N4O2/c1-6-34-19-22(23-12-9-11-15-28(23)34)18-32-35-30(33-27-14-10-8-13-24(27)31(35)36)26-17-25(20(3)4)29(37-7-2)16-21(26)5/h8-20H,6-7H2,1-5H3. The summed E-state index contributed by atoms with van der Waals surface area (Å²) in [4.78, 5) is 18.7. The molecule has 3 aromatic carbocycles. The van der Waals surface area contributed by atoms with E-state index in [9.17, 15) is 4.79 Å². The summed E-state index contributed by atoms with van der Waals surface area (Å²) in [7, 11) is 0. The van der Waals surface area contributed by atoms with Crippen molar-refractivity contribution in [2.75, 3.05) is 6.61 Å². The Morgan fingerprint density at radius 1 is 1.03 bits per heavy atom. The fourth-order valence-electron chi connectivity index (χ4n) is 4.84. The Balaban J connectivity index is 1.75. The van der Waals surface area contributed by atoms with Gasteiger partial charge in [-0.2, -0.15) is 9.78 Å². The second-order valence-corrected chi connectivity index (χ2v) is 9.49. The average Bonchev–Trinajstić information content (AvgIpc) is 3.26. The summed E-state index contributed by atoms with van der Waals surface area (Å²) in [5.41, 5.74) is 5.46. The molecule has 0 unspecified atom stereocenters. The molecule has 0 spiro atoms. The Morgan fingerprint density at radius 2 is 1.76 bits per heavy atom. The van der Waals surface area contributed by atoms with Crippen LogP contribution in [-0.2, 0) is 6.54 Å². The summed E-state index contributed by atoms with van der Waals surface area (Å²) in [6.07, 6.45) is 3.84. The lowest BCUT2D eigenvalue weighted by molar-refractivity contribution is 0.335. The fourth-order valence-corrected chi connectivity index (χ4v) is 4.84. The highest BCUT2D eigenvalue weighted by Crippen LogP contribution is 2.34. The molecule has 2 aromatic heterocycles. The van der Waals surface area contributed by atoms with Crippen LogP contribution in [0.25, 0.3) is 33.2 Å². The topological polar surface area (TPSA) is 61.4 Å². The summed E-state index contributed by atoms with van der Waals surface area (Å²) in [5.74, 6) is 1.62. The van der Waals surface area contributed by atoms with Crippen molar-refractivity contribution in [3.63, 3.8) is 0 Å². The molecule has 0 bridgehead atoms. The normalized spacial score (nSPS) is 11.8. The van der Waals surface area contributed by atoms with Gasteiger partial charge in [-0.1, -0.05) is 44.2 Å². The number of fused-ring (bicyclic) bond motifs is 2. The molecule has 0 saturated heterocycles. The fraction of sp³-hybridized carbons (Fsp3) is 0.258.